The topological polar surface area (TPSA) is 47.0 Å². The van der Waals surface area contributed by atoms with Crippen LogP contribution in [0.5, 0.6) is 0 Å². The van der Waals surface area contributed by atoms with E-state index in [1.54, 1.807) is 30.5 Å². The Morgan fingerprint density at radius 2 is 1.29 bits per heavy atom. The maximum atomic E-state index is 14.1. The Balaban J connectivity index is 1.75. The van der Waals surface area contributed by atoms with Crippen LogP contribution in [0, 0.1) is 0 Å². The fraction of sp³-hybridized carbons (Fsp3) is 0.207. The van der Waals surface area contributed by atoms with Crippen molar-refractivity contribution in [3.05, 3.63) is 127 Å². The van der Waals surface area contributed by atoms with E-state index in [4.69, 9.17) is 0 Å². The van der Waals surface area contributed by atoms with Gasteiger partial charge in [0.2, 0.25) is 0 Å². The number of hydrogen-bond donors (Lipinski definition) is 0. The minimum absolute atomic E-state index is 0.101. The first kappa shape index (κ1) is 24.2. The molecular formula is C29H29NO2S2. The van der Waals surface area contributed by atoms with Gasteiger partial charge >= 0.3 is 0 Å². The predicted molar refractivity (Wildman–Crippen MR) is 141 cm³/mol. The highest BCUT2D eigenvalue weighted by molar-refractivity contribution is 8.14. The van der Waals surface area contributed by atoms with Crippen molar-refractivity contribution < 1.29 is 8.42 Å². The maximum Gasteiger partial charge on any atom is 0.193 e. The number of benzene rings is 3. The molecule has 0 saturated carbocycles. The molecule has 0 aliphatic rings. The molecule has 1 aromatic heterocycles. The Labute approximate surface area is 207 Å². The summed E-state index contributed by atoms with van der Waals surface area (Å²) in [4.78, 5) is 4.82. The second kappa shape index (κ2) is 11.0. The van der Waals surface area contributed by atoms with Gasteiger partial charge in [0.05, 0.1) is 9.92 Å². The van der Waals surface area contributed by atoms with Crippen LogP contribution in [0.25, 0.3) is 0 Å². The van der Waals surface area contributed by atoms with Crippen LogP contribution in [0.3, 0.4) is 0 Å². The molecule has 0 fully saturated rings. The number of aromatic nitrogens is 1. The van der Waals surface area contributed by atoms with Crippen LogP contribution >= 0.6 is 11.8 Å². The molecule has 34 heavy (non-hydrogen) atoms. The van der Waals surface area contributed by atoms with Gasteiger partial charge in [0.1, 0.15) is 4.08 Å². The molecule has 0 bridgehead atoms. The van der Waals surface area contributed by atoms with Crippen LogP contribution < -0.4 is 0 Å². The number of hydrogen-bond acceptors (Lipinski definition) is 4. The zero-order chi connectivity index (χ0) is 23.9. The van der Waals surface area contributed by atoms with Crippen LogP contribution in [0.1, 0.15) is 43.2 Å². The van der Waals surface area contributed by atoms with Gasteiger partial charge < -0.3 is 0 Å². The van der Waals surface area contributed by atoms with Gasteiger partial charge in [-0.2, -0.15) is 0 Å². The number of sulfone groups is 1. The average molecular weight is 488 g/mol. The van der Waals surface area contributed by atoms with Crippen LogP contribution in [-0.2, 0) is 9.84 Å². The molecule has 0 aliphatic carbocycles. The summed E-state index contributed by atoms with van der Waals surface area (Å²) in [5.41, 5.74) is 2.39. The molecule has 4 rings (SSSR count). The minimum atomic E-state index is -3.65. The monoisotopic (exact) mass is 487 g/mol. The van der Waals surface area contributed by atoms with Crippen molar-refractivity contribution in [1.82, 2.24) is 4.98 Å². The largest absolute Gasteiger partial charge is 0.250 e. The molecular weight excluding hydrogens is 458 g/mol. The van der Waals surface area contributed by atoms with Crippen LogP contribution in [0.15, 0.2) is 125 Å². The molecule has 3 aromatic carbocycles. The van der Waals surface area contributed by atoms with Crippen molar-refractivity contribution in [3.8, 4) is 0 Å². The Hall–Kier alpha value is -2.89. The van der Waals surface area contributed by atoms with Crippen LogP contribution in [0.2, 0.25) is 0 Å². The van der Waals surface area contributed by atoms with Crippen molar-refractivity contribution in [2.24, 2.45) is 0 Å². The lowest BCUT2D eigenvalue weighted by Crippen LogP contribution is -2.35. The van der Waals surface area contributed by atoms with E-state index in [0.717, 1.165) is 5.03 Å². The van der Waals surface area contributed by atoms with Crippen LogP contribution in [-0.4, -0.2) is 17.5 Å². The number of rotatable bonds is 10. The zero-order valence-corrected chi connectivity index (χ0v) is 20.9. The van der Waals surface area contributed by atoms with E-state index in [9.17, 15) is 8.42 Å². The van der Waals surface area contributed by atoms with E-state index >= 15 is 0 Å². The lowest BCUT2D eigenvalue weighted by atomic mass is 9.87. The molecule has 5 heteroatoms. The summed E-state index contributed by atoms with van der Waals surface area (Å²) in [5.74, 6) is 0.101. The number of nitrogens with zero attached hydrogens (tertiary/aromatic N) is 1. The number of thioether (sulfide) groups is 1. The Bertz CT molecular complexity index is 1230. The molecule has 0 amide bonds. The lowest BCUT2D eigenvalue weighted by molar-refractivity contribution is 0.532. The smallest absolute Gasteiger partial charge is 0.193 e. The van der Waals surface area contributed by atoms with Gasteiger partial charge in [-0.1, -0.05) is 104 Å². The molecule has 0 saturated heterocycles. The van der Waals surface area contributed by atoms with Gasteiger partial charge in [-0.3, -0.25) is 0 Å². The summed E-state index contributed by atoms with van der Waals surface area (Å²) in [6.07, 6.45) is 3.39. The highest BCUT2D eigenvalue weighted by Crippen LogP contribution is 2.47. The van der Waals surface area contributed by atoms with Gasteiger partial charge in [-0.05, 0) is 54.7 Å². The summed E-state index contributed by atoms with van der Waals surface area (Å²) in [5, 5.41) is 0.722. The molecule has 0 radical (unpaired) electrons. The Morgan fingerprint density at radius 3 is 1.79 bits per heavy atom. The molecule has 174 valence electrons. The third-order valence-corrected chi connectivity index (χ3v) is 10.8. The number of pyridine rings is 1. The molecule has 1 atom stereocenters. The van der Waals surface area contributed by atoms with Crippen molar-refractivity contribution in [2.45, 2.75) is 46.1 Å². The molecule has 0 aliphatic heterocycles. The third kappa shape index (κ3) is 5.26. The van der Waals surface area contributed by atoms with Crippen molar-refractivity contribution in [2.75, 3.05) is 0 Å². The highest BCUT2D eigenvalue weighted by atomic mass is 32.3. The van der Waals surface area contributed by atoms with Crippen molar-refractivity contribution in [3.63, 3.8) is 0 Å². The Morgan fingerprint density at radius 1 is 0.765 bits per heavy atom. The fourth-order valence-electron chi connectivity index (χ4n) is 4.35. The predicted octanol–water partition coefficient (Wildman–Crippen LogP) is 7.37. The standard InChI is InChI=1S/C29H29NO2S2/c1-2-29(33-28-20-12-13-23-30-28,34(31,32)26-18-10-5-11-19-26)22-21-27(24-14-6-3-7-15-24)25-16-8-4-9-17-25/h3-20,23,27H,2,21-22H2,1H3. The van der Waals surface area contributed by atoms with Gasteiger partial charge in [0.25, 0.3) is 0 Å². The Kier molecular flexibility index (Phi) is 7.86. The van der Waals surface area contributed by atoms with E-state index in [1.165, 1.54) is 22.9 Å². The van der Waals surface area contributed by atoms with Crippen LogP contribution in [0.4, 0.5) is 0 Å². The molecule has 0 N–H and O–H groups in total. The summed E-state index contributed by atoms with van der Waals surface area (Å²) < 4.78 is 27.2. The maximum absolute atomic E-state index is 14.1. The van der Waals surface area contributed by atoms with Crippen molar-refractivity contribution >= 4 is 21.6 Å². The lowest BCUT2D eigenvalue weighted by Gasteiger charge is -2.33. The van der Waals surface area contributed by atoms with E-state index in [1.807, 2.05) is 67.6 Å². The SMILES string of the molecule is CCC(CCC(c1ccccc1)c1ccccc1)(Sc1ccccn1)S(=O)(=O)c1ccccc1. The first-order chi connectivity index (χ1) is 16.6. The van der Waals surface area contributed by atoms with Gasteiger partial charge in [0, 0.05) is 12.1 Å². The van der Waals surface area contributed by atoms with E-state index in [-0.39, 0.29) is 5.92 Å². The van der Waals surface area contributed by atoms with E-state index in [0.29, 0.717) is 24.2 Å². The second-order valence-corrected chi connectivity index (χ2v) is 12.2. The zero-order valence-electron chi connectivity index (χ0n) is 19.2. The summed E-state index contributed by atoms with van der Waals surface area (Å²) in [7, 11) is -3.65. The van der Waals surface area contributed by atoms with E-state index in [2.05, 4.69) is 29.2 Å². The van der Waals surface area contributed by atoms with E-state index < -0.39 is 13.9 Å². The first-order valence-electron chi connectivity index (χ1n) is 11.6. The average Bonchev–Trinajstić information content (AvgIpc) is 2.90. The molecule has 1 unspecified atom stereocenters. The summed E-state index contributed by atoms with van der Waals surface area (Å²) in [6, 6.07) is 35.2. The fourth-order valence-corrected chi connectivity index (χ4v) is 8.05. The minimum Gasteiger partial charge on any atom is -0.250 e. The van der Waals surface area contributed by atoms with Gasteiger partial charge in [-0.15, -0.1) is 0 Å². The molecule has 1 heterocycles. The summed E-state index contributed by atoms with van der Waals surface area (Å²) >= 11 is 1.37. The quantitative estimate of drug-likeness (QED) is 0.219. The van der Waals surface area contributed by atoms with Gasteiger partial charge in [0.15, 0.2) is 9.84 Å². The molecule has 4 aromatic rings. The van der Waals surface area contributed by atoms with Crippen molar-refractivity contribution in [1.29, 1.82) is 0 Å². The third-order valence-electron chi connectivity index (χ3n) is 6.23. The second-order valence-electron chi connectivity index (χ2n) is 8.26. The van der Waals surface area contributed by atoms with Gasteiger partial charge in [-0.25, -0.2) is 13.4 Å². The molecule has 0 spiro atoms. The molecule has 3 nitrogen and oxygen atoms in total. The first-order valence-corrected chi connectivity index (χ1v) is 13.9. The highest BCUT2D eigenvalue weighted by Gasteiger charge is 2.45. The normalized spacial score (nSPS) is 13.5. The summed E-state index contributed by atoms with van der Waals surface area (Å²) in [6.45, 7) is 1.97.